The summed E-state index contributed by atoms with van der Waals surface area (Å²) in [5.41, 5.74) is 0.858. The molecule has 19 atom stereocenters. The van der Waals surface area contributed by atoms with Gasteiger partial charge in [0.1, 0.15) is 77.5 Å². The smallest absolute Gasteiger partial charge is 0.335 e. The topological polar surface area (TPSA) is 387 Å². The van der Waals surface area contributed by atoms with Gasteiger partial charge in [-0.05, 0) is 59.2 Å². The van der Waals surface area contributed by atoms with Gasteiger partial charge in [0.25, 0.3) is 0 Å². The van der Waals surface area contributed by atoms with Crippen LogP contribution in [0.5, 0.6) is 11.5 Å². The number of β-lactam (4-membered cyclic amide) rings is 1. The summed E-state index contributed by atoms with van der Waals surface area (Å²) in [7, 11) is -2.41. The van der Waals surface area contributed by atoms with Crippen LogP contribution in [-0.2, 0) is 48.9 Å². The van der Waals surface area contributed by atoms with E-state index in [2.05, 4.69) is 0 Å². The van der Waals surface area contributed by atoms with Crippen molar-refractivity contribution >= 4 is 40.3 Å². The standard InChI is InChI=1S/C47H48FNO23S/c48-21-12-9-18(10-13-21)26(69-47-36(58)30(52)33(55)39(72-47)44(64)65)17-73(66)40-27(49(41(40)59)22-6-2-1-3-7-22)24-14-11-20(16-25(24)68-46-35(57)29(51)32(54)38(71-46)43(62)63)19-5-4-8-23(15-19)67-45-34(56)28(50)31(53)37(70-45)42(60)61/h1-16,26-40,45-47,50-58H,17H2,(H,60,61)(H,62,63)(H,64,65)/t26-,27+,28-,29-,30-,31?,32?,33-,34?,35?,36?,37?,38?,39?,40+,45+,46+,47+,73?/m0/s1. The van der Waals surface area contributed by atoms with Crippen molar-refractivity contribution in [2.45, 2.75) is 110 Å². The van der Waals surface area contributed by atoms with Crippen LogP contribution in [0.2, 0.25) is 0 Å². The van der Waals surface area contributed by atoms with Crippen LogP contribution in [0.3, 0.4) is 0 Å². The quantitative estimate of drug-likeness (QED) is 0.0534. The van der Waals surface area contributed by atoms with Crippen LogP contribution in [-0.4, -0.2) is 192 Å². The van der Waals surface area contributed by atoms with Crippen LogP contribution in [0, 0.1) is 5.82 Å². The average molecular weight is 1050 g/mol. The molecule has 4 aromatic rings. The van der Waals surface area contributed by atoms with Crippen molar-refractivity contribution in [2.75, 3.05) is 10.7 Å². The largest absolute Gasteiger partial charge is 0.479 e. The van der Waals surface area contributed by atoms with Crippen LogP contribution in [0.4, 0.5) is 10.1 Å². The number of nitrogens with zero attached hydrogens (tertiary/aromatic N) is 1. The molecule has 73 heavy (non-hydrogen) atoms. The van der Waals surface area contributed by atoms with Gasteiger partial charge in [-0.15, -0.1) is 0 Å². The Morgan fingerprint density at radius 3 is 1.64 bits per heavy atom. The lowest BCUT2D eigenvalue weighted by Gasteiger charge is -2.47. The van der Waals surface area contributed by atoms with Gasteiger partial charge in [-0.25, -0.2) is 18.8 Å². The highest BCUT2D eigenvalue weighted by Crippen LogP contribution is 2.47. The first kappa shape index (κ1) is 53.2. The van der Waals surface area contributed by atoms with Gasteiger partial charge in [0.2, 0.25) is 18.5 Å². The number of aliphatic hydroxyl groups is 9. The average Bonchev–Trinajstić information content (AvgIpc) is 3.36. The maximum Gasteiger partial charge on any atom is 0.335 e. The Kier molecular flexibility index (Phi) is 15.9. The first-order valence-corrected chi connectivity index (χ1v) is 23.6. The highest BCUT2D eigenvalue weighted by molar-refractivity contribution is 7.86. The van der Waals surface area contributed by atoms with Gasteiger partial charge in [0.15, 0.2) is 24.6 Å². The van der Waals surface area contributed by atoms with Crippen molar-refractivity contribution in [1.82, 2.24) is 0 Å². The number of benzene rings is 4. The molecule has 26 heteroatoms. The zero-order valence-corrected chi connectivity index (χ0v) is 38.2. The third kappa shape index (κ3) is 10.7. The van der Waals surface area contributed by atoms with Gasteiger partial charge in [-0.1, -0.05) is 54.6 Å². The van der Waals surface area contributed by atoms with Crippen LogP contribution < -0.4 is 14.4 Å². The Morgan fingerprint density at radius 1 is 0.589 bits per heavy atom. The predicted octanol–water partition coefficient (Wildman–Crippen LogP) is -2.11. The lowest BCUT2D eigenvalue weighted by atomic mass is 9.90. The predicted molar refractivity (Wildman–Crippen MR) is 240 cm³/mol. The second-order valence-corrected chi connectivity index (χ2v) is 19.0. The molecule has 392 valence electrons. The van der Waals surface area contributed by atoms with Crippen molar-refractivity contribution in [3.05, 3.63) is 114 Å². The Morgan fingerprint density at radius 2 is 1.10 bits per heavy atom. The van der Waals surface area contributed by atoms with E-state index in [9.17, 15) is 89.1 Å². The molecule has 0 bridgehead atoms. The third-order valence-electron chi connectivity index (χ3n) is 12.7. The van der Waals surface area contributed by atoms with Crippen LogP contribution in [0.15, 0.2) is 97.1 Å². The second-order valence-electron chi connectivity index (χ2n) is 17.4. The summed E-state index contributed by atoms with van der Waals surface area (Å²) in [6.07, 6.45) is -32.2. The van der Waals surface area contributed by atoms with Crippen molar-refractivity contribution < 1.29 is 117 Å². The molecule has 0 saturated carbocycles. The fourth-order valence-corrected chi connectivity index (χ4v) is 10.4. The summed E-state index contributed by atoms with van der Waals surface area (Å²) < 4.78 is 63.0. The molecule has 0 aliphatic carbocycles. The number of aliphatic hydroxyl groups excluding tert-OH is 9. The number of ether oxygens (including phenoxy) is 6. The number of halogens is 1. The van der Waals surface area contributed by atoms with Crippen LogP contribution >= 0.6 is 0 Å². The maximum absolute atomic E-state index is 14.9. The fourth-order valence-electron chi connectivity index (χ4n) is 8.74. The molecule has 4 aliphatic heterocycles. The SMILES string of the molecule is O=C(O)C1O[C@@H](Oc2cccc(-c3ccc([C@@H]4[C@@H](S(=O)C[C@H](O[C@@H]5OC(C(=O)O)[C@@H](O)[C@H](O)C5O)c5ccc(F)cc5)C(=O)N4c4ccccc4)c(O[C@@H]4OC(C(=O)O)C(O)[C@H](O)C4O)c3)c2)C(O)[C@@H](O)C1O. The molecular formula is C47H48FNO23S. The molecule has 4 heterocycles. The fraction of sp³-hybridized carbons (Fsp3) is 0.404. The number of carbonyl (C=O) groups excluding carboxylic acids is 1. The van der Waals surface area contributed by atoms with E-state index in [0.717, 1.165) is 12.1 Å². The minimum absolute atomic E-state index is 0.0129. The second kappa shape index (κ2) is 21.8. The summed E-state index contributed by atoms with van der Waals surface area (Å²) in [5, 5.41) is 123. The number of hydrogen-bond acceptors (Lipinski definition) is 20. The number of hydrogen-bond donors (Lipinski definition) is 12. The summed E-state index contributed by atoms with van der Waals surface area (Å²) in [4.78, 5) is 51.5. The molecule has 12 N–H and O–H groups in total. The molecule has 4 aliphatic rings. The van der Waals surface area contributed by atoms with E-state index in [4.69, 9.17) is 28.4 Å². The summed E-state index contributed by atoms with van der Waals surface area (Å²) >= 11 is 0. The molecule has 0 aromatic heterocycles. The normalized spacial score (nSPS) is 34.2. The number of amides is 1. The number of anilines is 1. The van der Waals surface area contributed by atoms with Gasteiger partial charge < -0.3 is 94.6 Å². The van der Waals surface area contributed by atoms with Crippen molar-refractivity contribution in [3.63, 3.8) is 0 Å². The third-order valence-corrected chi connectivity index (χ3v) is 14.3. The maximum atomic E-state index is 14.9. The highest BCUT2D eigenvalue weighted by atomic mass is 32.2. The van der Waals surface area contributed by atoms with Crippen molar-refractivity contribution in [1.29, 1.82) is 0 Å². The van der Waals surface area contributed by atoms with E-state index >= 15 is 0 Å². The molecule has 9 unspecified atom stereocenters. The van der Waals surface area contributed by atoms with Gasteiger partial charge in [-0.3, -0.25) is 9.00 Å². The van der Waals surface area contributed by atoms with E-state index in [1.807, 2.05) is 0 Å². The number of aliphatic carboxylic acids is 3. The first-order valence-electron chi connectivity index (χ1n) is 22.2. The minimum Gasteiger partial charge on any atom is -0.479 e. The molecule has 4 fully saturated rings. The molecular weight excluding hydrogens is 998 g/mol. The zero-order valence-electron chi connectivity index (χ0n) is 37.4. The molecule has 0 radical (unpaired) electrons. The molecule has 0 spiro atoms. The van der Waals surface area contributed by atoms with Crippen LogP contribution in [0.1, 0.15) is 23.3 Å². The van der Waals surface area contributed by atoms with E-state index in [1.165, 1.54) is 59.5 Å². The minimum atomic E-state index is -2.41. The highest BCUT2D eigenvalue weighted by Gasteiger charge is 2.56. The molecule has 1 amide bonds. The lowest BCUT2D eigenvalue weighted by molar-refractivity contribution is -0.303. The van der Waals surface area contributed by atoms with Crippen LogP contribution in [0.25, 0.3) is 11.1 Å². The summed E-state index contributed by atoms with van der Waals surface area (Å²) in [6, 6.07) is 21.0. The number of carboxylic acid groups (broad SMARTS) is 3. The zero-order chi connectivity index (χ0) is 52.7. The first-order chi connectivity index (χ1) is 34.7. The number of rotatable bonds is 16. The Labute approximate surface area is 413 Å². The molecule has 4 aromatic carbocycles. The van der Waals surface area contributed by atoms with Crippen molar-refractivity contribution in [3.8, 4) is 22.6 Å². The van der Waals surface area contributed by atoms with E-state index in [-0.39, 0.29) is 39.4 Å². The monoisotopic (exact) mass is 1050 g/mol. The Hall–Kier alpha value is -6.08. The number of carboxylic acids is 3. The van der Waals surface area contributed by atoms with Gasteiger partial charge in [0, 0.05) is 22.1 Å². The van der Waals surface area contributed by atoms with Crippen molar-refractivity contribution in [2.24, 2.45) is 0 Å². The molecule has 4 saturated heterocycles. The van der Waals surface area contributed by atoms with Gasteiger partial charge in [-0.2, -0.15) is 0 Å². The Balaban J connectivity index is 1.18. The van der Waals surface area contributed by atoms with E-state index in [1.54, 1.807) is 30.3 Å². The van der Waals surface area contributed by atoms with Gasteiger partial charge >= 0.3 is 17.9 Å². The molecule has 24 nitrogen and oxygen atoms in total. The van der Waals surface area contributed by atoms with Gasteiger partial charge in [0.05, 0.1) is 17.9 Å². The Bertz CT molecular complexity index is 2690. The van der Waals surface area contributed by atoms with E-state index < -0.39 is 156 Å². The number of para-hydroxylation sites is 1. The summed E-state index contributed by atoms with van der Waals surface area (Å²) in [6.45, 7) is 0. The number of carbonyl (C=O) groups is 4. The summed E-state index contributed by atoms with van der Waals surface area (Å²) in [5.74, 6) is -7.63. The van der Waals surface area contributed by atoms with E-state index in [0.29, 0.717) is 0 Å². The molecule has 8 rings (SSSR count). The lowest BCUT2D eigenvalue weighted by Crippen LogP contribution is -2.62.